The first-order valence-corrected chi connectivity index (χ1v) is 10.5. The number of hydrogen-bond acceptors (Lipinski definition) is 4. The van der Waals surface area contributed by atoms with Crippen molar-refractivity contribution in [3.63, 3.8) is 0 Å². The molecule has 3 rings (SSSR count). The predicted octanol–water partition coefficient (Wildman–Crippen LogP) is 5.90. The van der Waals surface area contributed by atoms with E-state index in [1.54, 1.807) is 18.4 Å². The average Bonchev–Trinajstić information content (AvgIpc) is 3.16. The number of aliphatic hydroxyl groups excluding tert-OH is 1. The number of aliphatic hydroxyl groups is 2. The fraction of sp³-hybridized carbons (Fsp3) is 0.333. The highest BCUT2D eigenvalue weighted by atomic mass is 32.1. The van der Waals surface area contributed by atoms with Gasteiger partial charge in [0.1, 0.15) is 0 Å². The molecule has 0 atom stereocenters. The van der Waals surface area contributed by atoms with E-state index in [2.05, 4.69) is 24.4 Å². The zero-order valence-corrected chi connectivity index (χ0v) is 17.8. The summed E-state index contributed by atoms with van der Waals surface area (Å²) in [6.45, 7) is 6.16. The number of thiophene rings is 1. The highest BCUT2D eigenvalue weighted by molar-refractivity contribution is 7.13. The van der Waals surface area contributed by atoms with Crippen LogP contribution in [0.15, 0.2) is 47.8 Å². The molecule has 148 valence electrons. The number of methoxy groups -OCH3 is 1. The summed E-state index contributed by atoms with van der Waals surface area (Å²) in [5, 5.41) is 23.2. The summed E-state index contributed by atoms with van der Waals surface area (Å²) in [5.74, 6) is 0. The number of hydrogen-bond donors (Lipinski definition) is 2. The average molecular weight is 397 g/mol. The first-order valence-electron chi connectivity index (χ1n) is 9.66. The third-order valence-corrected chi connectivity index (χ3v) is 6.53. The molecule has 0 saturated heterocycles. The van der Waals surface area contributed by atoms with Crippen LogP contribution in [-0.4, -0.2) is 17.3 Å². The van der Waals surface area contributed by atoms with Crippen LogP contribution in [0, 0.1) is 6.92 Å². The van der Waals surface area contributed by atoms with Gasteiger partial charge < -0.3 is 14.9 Å². The summed E-state index contributed by atoms with van der Waals surface area (Å²) in [6, 6.07) is 14.2. The van der Waals surface area contributed by atoms with Gasteiger partial charge in [0.25, 0.3) is 0 Å². The molecule has 0 bridgehead atoms. The van der Waals surface area contributed by atoms with E-state index in [-0.39, 0.29) is 6.61 Å². The van der Waals surface area contributed by atoms with Crippen LogP contribution in [-0.2, 0) is 12.2 Å². The molecule has 0 aliphatic rings. The van der Waals surface area contributed by atoms with Crippen LogP contribution in [0.2, 0.25) is 0 Å². The summed E-state index contributed by atoms with van der Waals surface area (Å²) in [7, 11) is 1.69. The number of benzene rings is 2. The summed E-state index contributed by atoms with van der Waals surface area (Å²) >= 11 is 1.58. The smallest absolute Gasteiger partial charge is 0.181 e. The molecule has 2 N–H and O–H groups in total. The second-order valence-electron chi connectivity index (χ2n) is 7.14. The van der Waals surface area contributed by atoms with E-state index < -0.39 is 5.60 Å². The molecule has 0 radical (unpaired) electrons. The van der Waals surface area contributed by atoms with E-state index in [0.29, 0.717) is 12.8 Å². The largest absolute Gasteiger partial charge is 0.487 e. The molecule has 0 unspecified atom stereocenters. The van der Waals surface area contributed by atoms with Crippen LogP contribution >= 0.6 is 11.3 Å². The van der Waals surface area contributed by atoms with Crippen molar-refractivity contribution in [2.24, 2.45) is 0 Å². The van der Waals surface area contributed by atoms with Crippen LogP contribution < -0.4 is 4.74 Å². The highest BCUT2D eigenvalue weighted by Crippen LogP contribution is 2.45. The Morgan fingerprint density at radius 1 is 1.00 bits per heavy atom. The van der Waals surface area contributed by atoms with Crippen molar-refractivity contribution in [3.05, 3.63) is 64.5 Å². The van der Waals surface area contributed by atoms with Gasteiger partial charge in [-0.2, -0.15) is 0 Å². The molecule has 28 heavy (non-hydrogen) atoms. The fourth-order valence-corrected chi connectivity index (χ4v) is 4.56. The van der Waals surface area contributed by atoms with Crippen molar-refractivity contribution in [2.45, 2.75) is 45.8 Å². The Morgan fingerprint density at radius 2 is 1.68 bits per heavy atom. The van der Waals surface area contributed by atoms with E-state index >= 15 is 0 Å². The quantitative estimate of drug-likeness (QED) is 0.523. The second-order valence-corrected chi connectivity index (χ2v) is 7.98. The van der Waals surface area contributed by atoms with Gasteiger partial charge in [-0.15, -0.1) is 11.3 Å². The number of rotatable bonds is 7. The summed E-state index contributed by atoms with van der Waals surface area (Å²) in [4.78, 5) is 0. The summed E-state index contributed by atoms with van der Waals surface area (Å²) in [5.41, 5.74) is 6.60. The van der Waals surface area contributed by atoms with Crippen LogP contribution in [0.3, 0.4) is 0 Å². The number of aryl methyl sites for hydroxylation is 1. The van der Waals surface area contributed by atoms with Gasteiger partial charge in [0, 0.05) is 16.5 Å². The van der Waals surface area contributed by atoms with Crippen molar-refractivity contribution in [3.8, 4) is 27.3 Å². The molecule has 0 saturated carbocycles. The van der Waals surface area contributed by atoms with Crippen LogP contribution in [0.1, 0.15) is 43.4 Å². The SMILES string of the molecule is CCC(O)(CC)c1ccc(-c2csc(OC)c2-c2ccc(CO)cc2)c(C)c1. The van der Waals surface area contributed by atoms with Crippen molar-refractivity contribution in [1.29, 1.82) is 0 Å². The van der Waals surface area contributed by atoms with Gasteiger partial charge >= 0.3 is 0 Å². The van der Waals surface area contributed by atoms with Gasteiger partial charge in [-0.1, -0.05) is 56.3 Å². The van der Waals surface area contributed by atoms with Crippen LogP contribution in [0.25, 0.3) is 22.3 Å². The molecular formula is C24H28O3S. The first kappa shape index (κ1) is 20.6. The second kappa shape index (κ2) is 8.48. The van der Waals surface area contributed by atoms with Crippen molar-refractivity contribution in [1.82, 2.24) is 0 Å². The molecule has 0 fully saturated rings. The van der Waals surface area contributed by atoms with E-state index in [1.165, 1.54) is 0 Å². The molecule has 1 aromatic heterocycles. The fourth-order valence-electron chi connectivity index (χ4n) is 3.65. The lowest BCUT2D eigenvalue weighted by Crippen LogP contribution is -2.23. The Labute approximate surface area is 171 Å². The molecule has 3 nitrogen and oxygen atoms in total. The Hall–Kier alpha value is -2.14. The summed E-state index contributed by atoms with van der Waals surface area (Å²) in [6.07, 6.45) is 1.38. The molecular weight excluding hydrogens is 368 g/mol. The van der Waals surface area contributed by atoms with E-state index in [4.69, 9.17) is 4.74 Å². The van der Waals surface area contributed by atoms with Crippen molar-refractivity contribution in [2.75, 3.05) is 7.11 Å². The molecule has 1 heterocycles. The lowest BCUT2D eigenvalue weighted by molar-refractivity contribution is 0.0283. The maximum atomic E-state index is 10.9. The normalized spacial score (nSPS) is 11.6. The zero-order chi connectivity index (χ0) is 20.3. The predicted molar refractivity (Wildman–Crippen MR) is 117 cm³/mol. The zero-order valence-electron chi connectivity index (χ0n) is 17.0. The van der Waals surface area contributed by atoms with Crippen molar-refractivity contribution < 1.29 is 14.9 Å². The molecule has 4 heteroatoms. The molecule has 2 aromatic carbocycles. The standard InChI is InChI=1S/C24H28O3S/c1-5-24(26,6-2)19-11-12-20(16(3)13-19)21-15-28-23(27-4)22(21)18-9-7-17(14-25)8-10-18/h7-13,15,25-26H,5-6,14H2,1-4H3. The Bertz CT molecular complexity index is 937. The van der Waals surface area contributed by atoms with Gasteiger partial charge in [0.15, 0.2) is 5.06 Å². The molecule has 0 amide bonds. The number of ether oxygens (including phenoxy) is 1. The van der Waals surface area contributed by atoms with Gasteiger partial charge in [-0.05, 0) is 47.6 Å². The maximum Gasteiger partial charge on any atom is 0.181 e. The van der Waals surface area contributed by atoms with Gasteiger partial charge in [-0.3, -0.25) is 0 Å². The Morgan fingerprint density at radius 3 is 2.21 bits per heavy atom. The minimum absolute atomic E-state index is 0.0340. The van der Waals surface area contributed by atoms with Crippen molar-refractivity contribution >= 4 is 11.3 Å². The van der Waals surface area contributed by atoms with E-state index in [0.717, 1.165) is 44.0 Å². The van der Waals surface area contributed by atoms with Gasteiger partial charge in [0.05, 0.1) is 19.3 Å². The third kappa shape index (κ3) is 3.72. The van der Waals surface area contributed by atoms with E-state index in [1.807, 2.05) is 44.2 Å². The van der Waals surface area contributed by atoms with Gasteiger partial charge in [-0.25, -0.2) is 0 Å². The summed E-state index contributed by atoms with van der Waals surface area (Å²) < 4.78 is 5.64. The highest BCUT2D eigenvalue weighted by Gasteiger charge is 2.26. The first-order chi connectivity index (χ1) is 13.5. The van der Waals surface area contributed by atoms with Crippen LogP contribution in [0.4, 0.5) is 0 Å². The molecule has 0 spiro atoms. The third-order valence-electron chi connectivity index (χ3n) is 5.59. The maximum absolute atomic E-state index is 10.9. The topological polar surface area (TPSA) is 49.7 Å². The monoisotopic (exact) mass is 396 g/mol. The van der Waals surface area contributed by atoms with Gasteiger partial charge in [0.2, 0.25) is 0 Å². The Kier molecular flexibility index (Phi) is 6.23. The minimum Gasteiger partial charge on any atom is -0.487 e. The molecule has 0 aliphatic carbocycles. The lowest BCUT2D eigenvalue weighted by atomic mass is 9.85. The Balaban J connectivity index is 2.10. The molecule has 0 aliphatic heterocycles. The minimum atomic E-state index is -0.779. The molecule has 3 aromatic rings. The van der Waals surface area contributed by atoms with Crippen LogP contribution in [0.5, 0.6) is 5.06 Å². The van der Waals surface area contributed by atoms with E-state index in [9.17, 15) is 10.2 Å². The lowest BCUT2D eigenvalue weighted by Gasteiger charge is -2.26.